The number of halogens is 3. The van der Waals surface area contributed by atoms with Gasteiger partial charge in [-0.2, -0.15) is 13.2 Å². The number of benzene rings is 2. The van der Waals surface area contributed by atoms with Crippen LogP contribution in [0.4, 0.5) is 29.3 Å². The molecule has 2 amide bonds. The Morgan fingerprint density at radius 1 is 1.15 bits per heavy atom. The smallest absolute Gasteiger partial charge is 0.383 e. The molecule has 11 heteroatoms. The topological polar surface area (TPSA) is 89.6 Å². The molecule has 0 atom stereocenters. The summed E-state index contributed by atoms with van der Waals surface area (Å²) in [6, 6.07) is 13.6. The van der Waals surface area contributed by atoms with Crippen molar-refractivity contribution in [2.75, 3.05) is 25.6 Å². The maximum Gasteiger partial charge on any atom is 0.416 e. The minimum Gasteiger partial charge on any atom is -0.383 e. The average Bonchev–Trinajstić information content (AvgIpc) is 3.23. The Morgan fingerprint density at radius 3 is 2.53 bits per heavy atom. The van der Waals surface area contributed by atoms with Crippen LogP contribution in [0.2, 0.25) is 0 Å². The SMILES string of the molecule is COCCN(Cc1cccn1Cc1cccc(C(F)(F)F)c1)C(=O)Nc1ccc([N+](=O)[O-])cc1. The molecule has 0 aliphatic heterocycles. The van der Waals surface area contributed by atoms with E-state index in [0.717, 1.165) is 12.1 Å². The lowest BCUT2D eigenvalue weighted by atomic mass is 10.1. The maximum absolute atomic E-state index is 13.0. The molecule has 1 aromatic heterocycles. The van der Waals surface area contributed by atoms with Gasteiger partial charge in [-0.3, -0.25) is 10.1 Å². The first-order valence-electron chi connectivity index (χ1n) is 10.3. The second-order valence-corrected chi connectivity index (χ2v) is 7.47. The fourth-order valence-corrected chi connectivity index (χ4v) is 3.31. The third-order valence-electron chi connectivity index (χ3n) is 5.07. The average molecular weight is 476 g/mol. The fraction of sp³-hybridized carbons (Fsp3) is 0.261. The lowest BCUT2D eigenvalue weighted by molar-refractivity contribution is -0.384. The van der Waals surface area contributed by atoms with Crippen LogP contribution in [0.1, 0.15) is 16.8 Å². The highest BCUT2D eigenvalue weighted by atomic mass is 19.4. The number of ether oxygens (including phenoxy) is 1. The Labute approximate surface area is 193 Å². The van der Waals surface area contributed by atoms with Crippen LogP contribution in [0.3, 0.4) is 0 Å². The molecule has 0 unspecified atom stereocenters. The van der Waals surface area contributed by atoms with Crippen LogP contribution >= 0.6 is 0 Å². The first-order valence-corrected chi connectivity index (χ1v) is 10.3. The summed E-state index contributed by atoms with van der Waals surface area (Å²) in [6.07, 6.45) is -2.69. The Morgan fingerprint density at radius 2 is 1.88 bits per heavy atom. The summed E-state index contributed by atoms with van der Waals surface area (Å²) in [5, 5.41) is 13.5. The summed E-state index contributed by atoms with van der Waals surface area (Å²) in [4.78, 5) is 24.6. The van der Waals surface area contributed by atoms with Gasteiger partial charge in [-0.1, -0.05) is 12.1 Å². The standard InChI is InChI=1S/C23H23F3N4O4/c1-34-13-12-29(22(31)27-19-7-9-20(10-8-19)30(32)33)16-21-6-3-11-28(21)15-17-4-2-5-18(14-17)23(24,25)26/h2-11,14H,12-13,15-16H2,1H3,(H,27,31). The molecule has 0 saturated heterocycles. The van der Waals surface area contributed by atoms with Gasteiger partial charge in [-0.05, 0) is 42.0 Å². The van der Waals surface area contributed by atoms with E-state index in [4.69, 9.17) is 4.74 Å². The molecule has 34 heavy (non-hydrogen) atoms. The normalized spacial score (nSPS) is 11.3. The third kappa shape index (κ3) is 6.58. The predicted octanol–water partition coefficient (Wildman–Crippen LogP) is 5.14. The molecule has 0 aliphatic carbocycles. The van der Waals surface area contributed by atoms with Gasteiger partial charge in [-0.25, -0.2) is 4.79 Å². The number of nitro groups is 1. The van der Waals surface area contributed by atoms with Gasteiger partial charge in [0.15, 0.2) is 0 Å². The number of methoxy groups -OCH3 is 1. The zero-order valence-electron chi connectivity index (χ0n) is 18.3. The summed E-state index contributed by atoms with van der Waals surface area (Å²) in [6.45, 7) is 0.897. The van der Waals surface area contributed by atoms with Crippen LogP contribution in [0.5, 0.6) is 0 Å². The number of nitro benzene ring substituents is 1. The lowest BCUT2D eigenvalue weighted by Gasteiger charge is -2.24. The molecule has 0 radical (unpaired) electrons. The first kappa shape index (κ1) is 24.8. The van der Waals surface area contributed by atoms with Gasteiger partial charge in [0.25, 0.3) is 5.69 Å². The highest BCUT2D eigenvalue weighted by Gasteiger charge is 2.30. The van der Waals surface area contributed by atoms with E-state index in [2.05, 4.69) is 5.32 Å². The van der Waals surface area contributed by atoms with E-state index in [1.807, 2.05) is 0 Å². The summed E-state index contributed by atoms with van der Waals surface area (Å²) >= 11 is 0. The number of nitrogens with one attached hydrogen (secondary N) is 1. The zero-order chi connectivity index (χ0) is 24.7. The third-order valence-corrected chi connectivity index (χ3v) is 5.07. The molecule has 3 rings (SSSR count). The number of anilines is 1. The summed E-state index contributed by atoms with van der Waals surface area (Å²) < 4.78 is 46.0. The molecule has 0 fully saturated rings. The Kier molecular flexibility index (Phi) is 7.90. The van der Waals surface area contributed by atoms with E-state index in [1.54, 1.807) is 29.0 Å². The molecular formula is C23H23F3N4O4. The minimum absolute atomic E-state index is 0.0957. The van der Waals surface area contributed by atoms with Crippen molar-refractivity contribution < 1.29 is 27.6 Å². The summed E-state index contributed by atoms with van der Waals surface area (Å²) in [7, 11) is 1.50. The van der Waals surface area contributed by atoms with Gasteiger partial charge in [0.2, 0.25) is 0 Å². The number of nitrogens with zero attached hydrogens (tertiary/aromatic N) is 3. The molecule has 2 aromatic carbocycles. The van der Waals surface area contributed by atoms with Crippen LogP contribution in [0.25, 0.3) is 0 Å². The number of rotatable bonds is 9. The number of carbonyl (C=O) groups excluding carboxylic acids is 1. The first-order chi connectivity index (χ1) is 16.2. The number of hydrogen-bond donors (Lipinski definition) is 1. The van der Waals surface area contributed by atoms with E-state index in [9.17, 15) is 28.1 Å². The van der Waals surface area contributed by atoms with E-state index in [-0.39, 0.29) is 31.9 Å². The molecule has 1 N–H and O–H groups in total. The minimum atomic E-state index is -4.43. The maximum atomic E-state index is 13.0. The van der Waals surface area contributed by atoms with Crippen molar-refractivity contribution in [3.05, 3.63) is 93.8 Å². The lowest BCUT2D eigenvalue weighted by Crippen LogP contribution is -2.37. The Hall–Kier alpha value is -3.86. The van der Waals surface area contributed by atoms with Gasteiger partial charge >= 0.3 is 12.2 Å². The van der Waals surface area contributed by atoms with Gasteiger partial charge in [0.1, 0.15) is 0 Å². The van der Waals surface area contributed by atoms with Crippen molar-refractivity contribution >= 4 is 17.4 Å². The quantitative estimate of drug-likeness (QED) is 0.342. The number of carbonyl (C=O) groups is 1. The second kappa shape index (κ2) is 10.8. The highest BCUT2D eigenvalue weighted by Crippen LogP contribution is 2.29. The van der Waals surface area contributed by atoms with E-state index < -0.39 is 22.7 Å². The van der Waals surface area contributed by atoms with Crippen LogP contribution in [-0.2, 0) is 24.0 Å². The van der Waals surface area contributed by atoms with Crippen molar-refractivity contribution in [1.82, 2.24) is 9.47 Å². The largest absolute Gasteiger partial charge is 0.416 e. The van der Waals surface area contributed by atoms with E-state index in [1.165, 1.54) is 42.3 Å². The number of aromatic nitrogens is 1. The van der Waals surface area contributed by atoms with E-state index >= 15 is 0 Å². The number of amides is 2. The molecule has 8 nitrogen and oxygen atoms in total. The van der Waals surface area contributed by atoms with Crippen LogP contribution in [0.15, 0.2) is 66.9 Å². The molecule has 0 spiro atoms. The van der Waals surface area contributed by atoms with Gasteiger partial charge in [0, 0.05) is 49.9 Å². The Bertz CT molecular complexity index is 1130. The molecule has 3 aromatic rings. The van der Waals surface area contributed by atoms with Crippen molar-refractivity contribution in [3.63, 3.8) is 0 Å². The van der Waals surface area contributed by atoms with Gasteiger partial charge in [0.05, 0.1) is 23.6 Å². The summed E-state index contributed by atoms with van der Waals surface area (Å²) in [5.41, 5.74) is 0.764. The van der Waals surface area contributed by atoms with Crippen LogP contribution < -0.4 is 5.32 Å². The van der Waals surface area contributed by atoms with Crippen molar-refractivity contribution in [2.24, 2.45) is 0 Å². The Balaban J connectivity index is 1.74. The number of urea groups is 1. The van der Waals surface area contributed by atoms with Crippen molar-refractivity contribution in [3.8, 4) is 0 Å². The zero-order valence-corrected chi connectivity index (χ0v) is 18.3. The van der Waals surface area contributed by atoms with Gasteiger partial charge < -0.3 is 19.5 Å². The molecule has 0 saturated carbocycles. The monoisotopic (exact) mass is 476 g/mol. The molecule has 0 bridgehead atoms. The fourth-order valence-electron chi connectivity index (χ4n) is 3.31. The van der Waals surface area contributed by atoms with Crippen molar-refractivity contribution in [1.29, 1.82) is 0 Å². The molecule has 1 heterocycles. The molecular weight excluding hydrogens is 453 g/mol. The summed E-state index contributed by atoms with van der Waals surface area (Å²) in [5.74, 6) is 0. The highest BCUT2D eigenvalue weighted by molar-refractivity contribution is 5.89. The number of alkyl halides is 3. The van der Waals surface area contributed by atoms with Crippen LogP contribution in [0, 0.1) is 10.1 Å². The number of hydrogen-bond acceptors (Lipinski definition) is 4. The number of non-ortho nitro benzene ring substituents is 1. The van der Waals surface area contributed by atoms with E-state index in [0.29, 0.717) is 16.9 Å². The predicted molar refractivity (Wildman–Crippen MR) is 119 cm³/mol. The van der Waals surface area contributed by atoms with Crippen molar-refractivity contribution in [2.45, 2.75) is 19.3 Å². The van der Waals surface area contributed by atoms with Gasteiger partial charge in [-0.15, -0.1) is 0 Å². The molecule has 180 valence electrons. The molecule has 0 aliphatic rings. The second-order valence-electron chi connectivity index (χ2n) is 7.47. The van der Waals surface area contributed by atoms with Crippen LogP contribution in [-0.4, -0.2) is 40.7 Å².